The average Bonchev–Trinajstić information content (AvgIpc) is 2.33. The van der Waals surface area contributed by atoms with Gasteiger partial charge in [-0.1, -0.05) is 23.2 Å². The lowest BCUT2D eigenvalue weighted by Gasteiger charge is -2.12. The van der Waals surface area contributed by atoms with Crippen molar-refractivity contribution in [3.8, 4) is 0 Å². The Morgan fingerprint density at radius 2 is 1.80 bits per heavy atom. The summed E-state index contributed by atoms with van der Waals surface area (Å²) in [7, 11) is 0. The molecule has 3 N–H and O–H groups in total. The van der Waals surface area contributed by atoms with E-state index in [1.165, 1.54) is 6.92 Å². The van der Waals surface area contributed by atoms with E-state index in [-0.39, 0.29) is 15.8 Å². The number of nitrogens with two attached hydrogens (primary N) is 1. The van der Waals surface area contributed by atoms with Crippen molar-refractivity contribution in [1.82, 2.24) is 0 Å². The van der Waals surface area contributed by atoms with Crippen molar-refractivity contribution in [3.63, 3.8) is 0 Å². The topological polar surface area (TPSA) is 55.1 Å². The molecule has 0 atom stereocenters. The summed E-state index contributed by atoms with van der Waals surface area (Å²) in [6, 6.07) is 7.17. The number of nitrogens with one attached hydrogen (secondary N) is 1. The quantitative estimate of drug-likeness (QED) is 0.640. The molecule has 0 aliphatic carbocycles. The molecule has 0 amide bonds. The van der Waals surface area contributed by atoms with E-state index < -0.39 is 5.82 Å². The molecule has 2 rings (SSSR count). The second-order valence-corrected chi connectivity index (χ2v) is 5.04. The predicted octanol–water partition coefficient (Wildman–Crippen LogP) is 4.66. The van der Waals surface area contributed by atoms with E-state index in [4.69, 9.17) is 28.9 Å². The van der Waals surface area contributed by atoms with Crippen LogP contribution < -0.4 is 11.1 Å². The molecule has 0 aliphatic heterocycles. The number of ketones is 1. The maximum Gasteiger partial charge on any atom is 0.161 e. The molecule has 2 aromatic carbocycles. The molecule has 0 unspecified atom stereocenters. The zero-order chi connectivity index (χ0) is 14.9. The van der Waals surface area contributed by atoms with E-state index >= 15 is 0 Å². The maximum absolute atomic E-state index is 13.1. The number of rotatable bonds is 3. The minimum absolute atomic E-state index is 0.119. The van der Waals surface area contributed by atoms with E-state index in [9.17, 15) is 9.18 Å². The van der Waals surface area contributed by atoms with Crippen LogP contribution in [0.4, 0.5) is 21.5 Å². The minimum Gasteiger partial charge on any atom is -0.398 e. The smallest absolute Gasteiger partial charge is 0.161 e. The Hall–Kier alpha value is -1.78. The number of Topliss-reactive ketones (excluding diaryl/α,β-unsaturated/α-hetero) is 1. The molecule has 104 valence electrons. The highest BCUT2D eigenvalue weighted by atomic mass is 35.5. The van der Waals surface area contributed by atoms with Crippen LogP contribution in [0.25, 0.3) is 0 Å². The number of benzene rings is 2. The van der Waals surface area contributed by atoms with Crippen LogP contribution in [0.15, 0.2) is 30.3 Å². The van der Waals surface area contributed by atoms with E-state index in [0.717, 1.165) is 12.1 Å². The van der Waals surface area contributed by atoms with Crippen molar-refractivity contribution >= 4 is 46.0 Å². The molecular formula is C14H11Cl2FN2O. The van der Waals surface area contributed by atoms with Gasteiger partial charge in [0.1, 0.15) is 5.82 Å². The first-order valence-electron chi connectivity index (χ1n) is 5.70. The van der Waals surface area contributed by atoms with Gasteiger partial charge in [-0.15, -0.1) is 0 Å². The molecule has 0 fully saturated rings. The molecular weight excluding hydrogens is 302 g/mol. The third-order valence-electron chi connectivity index (χ3n) is 2.71. The van der Waals surface area contributed by atoms with Crippen LogP contribution in [0, 0.1) is 5.82 Å². The van der Waals surface area contributed by atoms with Crippen molar-refractivity contribution in [2.45, 2.75) is 6.92 Å². The molecule has 0 radical (unpaired) electrons. The number of hydrogen-bond donors (Lipinski definition) is 2. The molecule has 3 nitrogen and oxygen atoms in total. The number of carbonyl (C=O) groups is 1. The summed E-state index contributed by atoms with van der Waals surface area (Å²) in [6.45, 7) is 1.44. The first-order valence-corrected chi connectivity index (χ1v) is 6.46. The van der Waals surface area contributed by atoms with Gasteiger partial charge < -0.3 is 11.1 Å². The monoisotopic (exact) mass is 312 g/mol. The maximum atomic E-state index is 13.1. The van der Waals surface area contributed by atoms with Gasteiger partial charge >= 0.3 is 0 Å². The van der Waals surface area contributed by atoms with Gasteiger partial charge in [-0.05, 0) is 37.3 Å². The molecule has 20 heavy (non-hydrogen) atoms. The molecule has 0 saturated heterocycles. The average molecular weight is 313 g/mol. The molecule has 0 saturated carbocycles. The van der Waals surface area contributed by atoms with Crippen molar-refractivity contribution in [1.29, 1.82) is 0 Å². The largest absolute Gasteiger partial charge is 0.398 e. The fourth-order valence-corrected chi connectivity index (χ4v) is 2.32. The number of hydrogen-bond acceptors (Lipinski definition) is 3. The van der Waals surface area contributed by atoms with E-state index in [2.05, 4.69) is 5.32 Å². The summed E-state index contributed by atoms with van der Waals surface area (Å²) in [4.78, 5) is 11.3. The molecule has 6 heteroatoms. The molecule has 0 aromatic heterocycles. The van der Waals surface area contributed by atoms with Crippen LogP contribution in [-0.4, -0.2) is 5.78 Å². The summed E-state index contributed by atoms with van der Waals surface area (Å²) < 4.78 is 13.1. The second kappa shape index (κ2) is 5.69. The molecule has 0 spiro atoms. The Morgan fingerprint density at radius 1 is 1.20 bits per heavy atom. The fraction of sp³-hybridized carbons (Fsp3) is 0.0714. The highest BCUT2D eigenvalue weighted by molar-refractivity contribution is 6.39. The lowest BCUT2D eigenvalue weighted by atomic mass is 10.1. The van der Waals surface area contributed by atoms with Crippen LogP contribution >= 0.6 is 23.2 Å². The summed E-state index contributed by atoms with van der Waals surface area (Å²) >= 11 is 11.9. The van der Waals surface area contributed by atoms with E-state index in [0.29, 0.717) is 22.6 Å². The van der Waals surface area contributed by atoms with Gasteiger partial charge in [0.25, 0.3) is 0 Å². The first-order chi connectivity index (χ1) is 9.38. The summed E-state index contributed by atoms with van der Waals surface area (Å²) in [5, 5.41) is 3.27. The highest BCUT2D eigenvalue weighted by Gasteiger charge is 2.10. The van der Waals surface area contributed by atoms with Gasteiger partial charge in [0.2, 0.25) is 0 Å². The summed E-state index contributed by atoms with van der Waals surface area (Å²) in [5.41, 5.74) is 7.55. The van der Waals surface area contributed by atoms with Crippen LogP contribution in [0.1, 0.15) is 17.3 Å². The number of carbonyl (C=O) groups excluding carboxylic acids is 1. The minimum atomic E-state index is -0.517. The highest BCUT2D eigenvalue weighted by Crippen LogP contribution is 2.34. The third kappa shape index (κ3) is 3.03. The van der Waals surface area contributed by atoms with Crippen LogP contribution in [-0.2, 0) is 0 Å². The number of halogens is 3. The van der Waals surface area contributed by atoms with Gasteiger partial charge in [0.15, 0.2) is 5.78 Å². The number of nitrogen functional groups attached to an aromatic ring is 1. The Kier molecular flexibility index (Phi) is 4.16. The Balaban J connectivity index is 2.36. The van der Waals surface area contributed by atoms with Gasteiger partial charge in [-0.25, -0.2) is 4.39 Å². The zero-order valence-corrected chi connectivity index (χ0v) is 12.0. The molecule has 0 aliphatic rings. The van der Waals surface area contributed by atoms with E-state index in [1.807, 2.05) is 0 Å². The van der Waals surface area contributed by atoms with Gasteiger partial charge in [0, 0.05) is 16.9 Å². The Labute approximate surface area is 125 Å². The van der Waals surface area contributed by atoms with Gasteiger partial charge in [0.05, 0.1) is 15.7 Å². The predicted molar refractivity (Wildman–Crippen MR) is 80.6 cm³/mol. The molecule has 0 heterocycles. The van der Waals surface area contributed by atoms with Crippen molar-refractivity contribution in [3.05, 3.63) is 51.8 Å². The normalized spacial score (nSPS) is 10.4. The molecule has 0 bridgehead atoms. The summed E-state index contributed by atoms with van der Waals surface area (Å²) in [6.07, 6.45) is 0. The van der Waals surface area contributed by atoms with Gasteiger partial charge in [-0.3, -0.25) is 4.79 Å². The summed E-state index contributed by atoms with van der Waals surface area (Å²) in [5.74, 6) is -0.635. The van der Waals surface area contributed by atoms with Crippen molar-refractivity contribution in [2.75, 3.05) is 11.1 Å². The van der Waals surface area contributed by atoms with Crippen LogP contribution in [0.2, 0.25) is 10.0 Å². The zero-order valence-electron chi connectivity index (χ0n) is 10.5. The van der Waals surface area contributed by atoms with Gasteiger partial charge in [-0.2, -0.15) is 0 Å². The van der Waals surface area contributed by atoms with Crippen molar-refractivity contribution in [2.24, 2.45) is 0 Å². The van der Waals surface area contributed by atoms with Crippen LogP contribution in [0.3, 0.4) is 0 Å². The SMILES string of the molecule is CC(=O)c1ccc(Nc2c(Cl)cc(F)cc2Cl)cc1N. The standard InChI is InChI=1S/C14H11Cl2FN2O/c1-7(20)10-3-2-9(6-13(10)18)19-14-11(15)4-8(17)5-12(14)16/h2-6,19H,18H2,1H3. The van der Waals surface area contributed by atoms with E-state index in [1.54, 1.807) is 18.2 Å². The number of anilines is 3. The van der Waals surface area contributed by atoms with Crippen LogP contribution in [0.5, 0.6) is 0 Å². The lowest BCUT2D eigenvalue weighted by molar-refractivity contribution is 0.101. The Morgan fingerprint density at radius 3 is 2.30 bits per heavy atom. The second-order valence-electron chi connectivity index (χ2n) is 4.23. The third-order valence-corrected chi connectivity index (χ3v) is 3.30. The first kappa shape index (κ1) is 14.6. The Bertz CT molecular complexity index is 666. The van der Waals surface area contributed by atoms with Crippen molar-refractivity contribution < 1.29 is 9.18 Å². The molecule has 2 aromatic rings. The lowest BCUT2D eigenvalue weighted by Crippen LogP contribution is -2.01. The fourth-order valence-electron chi connectivity index (χ4n) is 1.77.